The Morgan fingerprint density at radius 2 is 2.19 bits per heavy atom. The highest BCUT2D eigenvalue weighted by atomic mass is 16.4. The highest BCUT2D eigenvalue weighted by molar-refractivity contribution is 5.79. The van der Waals surface area contributed by atoms with E-state index in [1.54, 1.807) is 0 Å². The molecule has 3 rings (SSSR count). The van der Waals surface area contributed by atoms with Crippen molar-refractivity contribution < 1.29 is 9.90 Å². The molecule has 1 aliphatic rings. The zero-order valence-corrected chi connectivity index (χ0v) is 8.58. The monoisotopic (exact) mass is 217 g/mol. The summed E-state index contributed by atoms with van der Waals surface area (Å²) in [4.78, 5) is 11.2. The third-order valence-corrected chi connectivity index (χ3v) is 2.96. The first-order chi connectivity index (χ1) is 7.77. The number of carboxylic acid groups (broad SMARTS) is 1. The molecule has 1 aromatic heterocycles. The van der Waals surface area contributed by atoms with Gasteiger partial charge in [-0.25, -0.2) is 9.48 Å². The number of fused-ring (bicyclic) bond motifs is 1. The predicted molar refractivity (Wildman–Crippen MR) is 56.9 cm³/mol. The van der Waals surface area contributed by atoms with Crippen molar-refractivity contribution in [1.82, 2.24) is 15.0 Å². The van der Waals surface area contributed by atoms with Gasteiger partial charge in [-0.15, -0.1) is 5.10 Å². The minimum absolute atomic E-state index is 0.211. The zero-order chi connectivity index (χ0) is 11.1. The molecule has 2 aromatic rings. The molecular weight excluding hydrogens is 206 g/mol. The molecule has 0 spiro atoms. The number of carbonyl (C=O) groups is 1. The Kier molecular flexibility index (Phi) is 1.92. The van der Waals surface area contributed by atoms with Crippen molar-refractivity contribution >= 4 is 17.0 Å². The summed E-state index contributed by atoms with van der Waals surface area (Å²) in [5, 5.41) is 17.2. The summed E-state index contributed by atoms with van der Waals surface area (Å²) in [6.07, 6.45) is 1.93. The third-order valence-electron chi connectivity index (χ3n) is 2.96. The summed E-state index contributed by atoms with van der Waals surface area (Å²) in [7, 11) is 0. The smallest absolute Gasteiger partial charge is 0.328 e. The second-order valence-electron chi connectivity index (χ2n) is 4.14. The van der Waals surface area contributed by atoms with Crippen LogP contribution in [0, 0.1) is 5.92 Å². The first-order valence-corrected chi connectivity index (χ1v) is 5.30. The molecule has 1 saturated carbocycles. The van der Waals surface area contributed by atoms with E-state index in [4.69, 9.17) is 0 Å². The highest BCUT2D eigenvalue weighted by Crippen LogP contribution is 2.40. The van der Waals surface area contributed by atoms with Gasteiger partial charge in [0.25, 0.3) is 0 Å². The fraction of sp³-hybridized carbons (Fsp3) is 0.364. The molecule has 1 aromatic carbocycles. The van der Waals surface area contributed by atoms with Crippen molar-refractivity contribution in [3.63, 3.8) is 0 Å². The number of aliphatic carboxylic acids is 1. The van der Waals surface area contributed by atoms with Crippen molar-refractivity contribution in [2.24, 2.45) is 5.92 Å². The van der Waals surface area contributed by atoms with E-state index >= 15 is 0 Å². The minimum Gasteiger partial charge on any atom is -0.480 e. The van der Waals surface area contributed by atoms with Crippen LogP contribution < -0.4 is 0 Å². The number of hydrogen-bond donors (Lipinski definition) is 1. The molecule has 0 bridgehead atoms. The number of hydrogen-bond acceptors (Lipinski definition) is 3. The summed E-state index contributed by atoms with van der Waals surface area (Å²) in [6, 6.07) is 6.87. The first kappa shape index (κ1) is 9.33. The van der Waals surface area contributed by atoms with Crippen molar-refractivity contribution in [1.29, 1.82) is 0 Å². The van der Waals surface area contributed by atoms with E-state index in [1.165, 1.54) is 4.68 Å². The van der Waals surface area contributed by atoms with Crippen LogP contribution in [0.5, 0.6) is 0 Å². The van der Waals surface area contributed by atoms with Crippen molar-refractivity contribution in [2.45, 2.75) is 18.9 Å². The highest BCUT2D eigenvalue weighted by Gasteiger charge is 2.39. The summed E-state index contributed by atoms with van der Waals surface area (Å²) in [5.74, 6) is -0.610. The Balaban J connectivity index is 2.13. The quantitative estimate of drug-likeness (QED) is 0.845. The fourth-order valence-electron chi connectivity index (χ4n) is 2.01. The summed E-state index contributed by atoms with van der Waals surface area (Å²) in [5.41, 5.74) is 1.54. The molecule has 0 radical (unpaired) electrons. The van der Waals surface area contributed by atoms with Crippen molar-refractivity contribution in [3.8, 4) is 0 Å². The van der Waals surface area contributed by atoms with Gasteiger partial charge in [0.15, 0.2) is 6.04 Å². The van der Waals surface area contributed by atoms with Gasteiger partial charge in [-0.3, -0.25) is 0 Å². The van der Waals surface area contributed by atoms with Crippen LogP contribution in [-0.4, -0.2) is 26.1 Å². The lowest BCUT2D eigenvalue weighted by Gasteiger charge is -2.11. The molecule has 1 N–H and O–H groups in total. The minimum atomic E-state index is -0.821. The van der Waals surface area contributed by atoms with Gasteiger partial charge >= 0.3 is 5.97 Å². The van der Waals surface area contributed by atoms with Crippen LogP contribution in [0.1, 0.15) is 18.9 Å². The van der Waals surface area contributed by atoms with Crippen molar-refractivity contribution in [3.05, 3.63) is 24.3 Å². The molecular formula is C11H11N3O2. The number of rotatable bonds is 3. The van der Waals surface area contributed by atoms with E-state index < -0.39 is 12.0 Å². The predicted octanol–water partition coefficient (Wildman–Crippen LogP) is 1.47. The Bertz CT molecular complexity index is 545. The Hall–Kier alpha value is -1.91. The van der Waals surface area contributed by atoms with Gasteiger partial charge in [-0.2, -0.15) is 0 Å². The van der Waals surface area contributed by atoms with Crippen LogP contribution in [0.15, 0.2) is 24.3 Å². The number of para-hydroxylation sites is 1. The van der Waals surface area contributed by atoms with E-state index in [-0.39, 0.29) is 5.92 Å². The van der Waals surface area contributed by atoms with Gasteiger partial charge in [-0.1, -0.05) is 17.3 Å². The Labute approximate surface area is 91.7 Å². The third kappa shape index (κ3) is 1.36. The second-order valence-corrected chi connectivity index (χ2v) is 4.14. The molecule has 1 unspecified atom stereocenters. The number of benzene rings is 1. The average Bonchev–Trinajstić information content (AvgIpc) is 3.00. The van der Waals surface area contributed by atoms with Crippen LogP contribution in [-0.2, 0) is 4.79 Å². The number of carboxylic acids is 1. The summed E-state index contributed by atoms with van der Waals surface area (Å²) >= 11 is 0. The molecule has 82 valence electrons. The van der Waals surface area contributed by atoms with E-state index in [0.717, 1.165) is 23.9 Å². The average molecular weight is 217 g/mol. The maximum atomic E-state index is 11.2. The molecule has 1 heterocycles. The van der Waals surface area contributed by atoms with Gasteiger partial charge in [0.1, 0.15) is 5.52 Å². The Morgan fingerprint density at radius 3 is 2.88 bits per heavy atom. The maximum Gasteiger partial charge on any atom is 0.328 e. The van der Waals surface area contributed by atoms with E-state index in [9.17, 15) is 9.90 Å². The lowest BCUT2D eigenvalue weighted by molar-refractivity contribution is -0.141. The van der Waals surface area contributed by atoms with Crippen molar-refractivity contribution in [2.75, 3.05) is 0 Å². The van der Waals surface area contributed by atoms with Gasteiger partial charge in [-0.05, 0) is 30.9 Å². The zero-order valence-electron chi connectivity index (χ0n) is 8.58. The lowest BCUT2D eigenvalue weighted by Crippen LogP contribution is -2.22. The normalized spacial score (nSPS) is 17.5. The fourth-order valence-corrected chi connectivity index (χ4v) is 2.01. The number of aromatic nitrogens is 3. The topological polar surface area (TPSA) is 68.0 Å². The second kappa shape index (κ2) is 3.30. The lowest BCUT2D eigenvalue weighted by atomic mass is 10.2. The summed E-state index contributed by atoms with van der Waals surface area (Å²) in [6.45, 7) is 0. The van der Waals surface area contributed by atoms with Gasteiger partial charge < -0.3 is 5.11 Å². The summed E-state index contributed by atoms with van der Waals surface area (Å²) < 4.78 is 1.54. The van der Waals surface area contributed by atoms with Crippen LogP contribution in [0.4, 0.5) is 0 Å². The Morgan fingerprint density at radius 1 is 1.44 bits per heavy atom. The van der Waals surface area contributed by atoms with Crippen LogP contribution >= 0.6 is 0 Å². The largest absolute Gasteiger partial charge is 0.480 e. The van der Waals surface area contributed by atoms with Crippen LogP contribution in [0.2, 0.25) is 0 Å². The van der Waals surface area contributed by atoms with Crippen LogP contribution in [0.3, 0.4) is 0 Å². The maximum absolute atomic E-state index is 11.2. The van der Waals surface area contributed by atoms with Gasteiger partial charge in [0.2, 0.25) is 0 Å². The molecule has 0 saturated heterocycles. The molecule has 16 heavy (non-hydrogen) atoms. The molecule has 0 amide bonds. The first-order valence-electron chi connectivity index (χ1n) is 5.30. The number of nitrogens with zero attached hydrogens (tertiary/aromatic N) is 3. The van der Waals surface area contributed by atoms with Gasteiger partial charge in [0.05, 0.1) is 5.52 Å². The molecule has 5 heteroatoms. The van der Waals surface area contributed by atoms with Crippen LogP contribution in [0.25, 0.3) is 11.0 Å². The molecule has 1 fully saturated rings. The van der Waals surface area contributed by atoms with E-state index in [1.807, 2.05) is 24.3 Å². The SMILES string of the molecule is O=C(O)C(C1CC1)n1nnc2ccccc21. The molecule has 1 aliphatic carbocycles. The molecule has 1 atom stereocenters. The van der Waals surface area contributed by atoms with Gasteiger partial charge in [0, 0.05) is 0 Å². The molecule has 5 nitrogen and oxygen atoms in total. The van der Waals surface area contributed by atoms with E-state index in [0.29, 0.717) is 0 Å². The molecule has 0 aliphatic heterocycles. The van der Waals surface area contributed by atoms with E-state index in [2.05, 4.69) is 10.3 Å². The standard InChI is InChI=1S/C11H11N3O2/c15-11(16)10(7-5-6-7)14-9-4-2-1-3-8(9)12-13-14/h1-4,7,10H,5-6H2,(H,15,16).